The minimum atomic E-state index is 0.265. The predicted molar refractivity (Wildman–Crippen MR) is 72.4 cm³/mol. The lowest BCUT2D eigenvalue weighted by Gasteiger charge is -2.21. The van der Waals surface area contributed by atoms with Gasteiger partial charge in [-0.3, -0.25) is 9.79 Å². The van der Waals surface area contributed by atoms with Crippen LogP contribution < -0.4 is 5.32 Å². The number of thioether (sulfide) groups is 1. The Labute approximate surface area is 107 Å². The number of aliphatic imine (C=N–C) groups is 1. The van der Waals surface area contributed by atoms with Gasteiger partial charge in [-0.05, 0) is 26.2 Å². The first-order valence-electron chi connectivity index (χ1n) is 6.47. The summed E-state index contributed by atoms with van der Waals surface area (Å²) in [6.07, 6.45) is 4.07. The highest BCUT2D eigenvalue weighted by atomic mass is 32.2. The normalized spacial score (nSPS) is 27.2. The van der Waals surface area contributed by atoms with E-state index in [2.05, 4.69) is 17.2 Å². The summed E-state index contributed by atoms with van der Waals surface area (Å²) in [6, 6.07) is 0.518. The molecule has 4 nitrogen and oxygen atoms in total. The standard InChI is InChI=1S/C12H21N3OS/c1-10-5-9-17-12(14-10)13-6-4-11(16)15-7-2-3-8-15/h10H,2-9H2,1H3,(H,13,14). The highest BCUT2D eigenvalue weighted by Crippen LogP contribution is 2.14. The average molecular weight is 255 g/mol. The van der Waals surface area contributed by atoms with E-state index in [0.29, 0.717) is 19.0 Å². The first-order valence-corrected chi connectivity index (χ1v) is 7.46. The van der Waals surface area contributed by atoms with E-state index in [0.717, 1.165) is 36.9 Å². The second-order valence-electron chi connectivity index (χ2n) is 4.71. The molecule has 2 fully saturated rings. The molecule has 17 heavy (non-hydrogen) atoms. The monoisotopic (exact) mass is 255 g/mol. The first kappa shape index (κ1) is 12.7. The summed E-state index contributed by atoms with van der Waals surface area (Å²) in [5.74, 6) is 1.40. The third kappa shape index (κ3) is 3.91. The Kier molecular flexibility index (Phi) is 4.71. The molecular weight excluding hydrogens is 234 g/mol. The number of carbonyl (C=O) groups is 1. The average Bonchev–Trinajstić information content (AvgIpc) is 2.82. The summed E-state index contributed by atoms with van der Waals surface area (Å²) in [5.41, 5.74) is 0. The molecule has 0 bridgehead atoms. The van der Waals surface area contributed by atoms with Crippen LogP contribution in [0.25, 0.3) is 0 Å². The lowest BCUT2D eigenvalue weighted by Crippen LogP contribution is -2.35. The number of carbonyl (C=O) groups excluding carboxylic acids is 1. The molecule has 0 spiro atoms. The Morgan fingerprint density at radius 2 is 2.29 bits per heavy atom. The van der Waals surface area contributed by atoms with Crippen molar-refractivity contribution >= 4 is 22.8 Å². The Morgan fingerprint density at radius 1 is 1.53 bits per heavy atom. The van der Waals surface area contributed by atoms with Gasteiger partial charge < -0.3 is 10.2 Å². The molecule has 1 amide bonds. The van der Waals surface area contributed by atoms with Gasteiger partial charge in [-0.2, -0.15) is 0 Å². The molecule has 96 valence electrons. The molecule has 2 saturated heterocycles. The van der Waals surface area contributed by atoms with E-state index in [9.17, 15) is 4.79 Å². The van der Waals surface area contributed by atoms with Gasteiger partial charge in [0.15, 0.2) is 5.17 Å². The molecule has 1 unspecified atom stereocenters. The second-order valence-corrected chi connectivity index (χ2v) is 5.79. The largest absolute Gasteiger partial charge is 0.362 e. The van der Waals surface area contributed by atoms with Crippen molar-refractivity contribution in [3.05, 3.63) is 0 Å². The fourth-order valence-electron chi connectivity index (χ4n) is 2.13. The molecule has 1 atom stereocenters. The molecule has 0 aromatic carbocycles. The summed E-state index contributed by atoms with van der Waals surface area (Å²) < 4.78 is 0. The van der Waals surface area contributed by atoms with Crippen LogP contribution in [0.2, 0.25) is 0 Å². The maximum atomic E-state index is 11.8. The first-order chi connectivity index (χ1) is 8.25. The number of likely N-dealkylation sites (tertiary alicyclic amines) is 1. The molecule has 0 aliphatic carbocycles. The molecule has 2 heterocycles. The van der Waals surface area contributed by atoms with E-state index in [-0.39, 0.29) is 5.91 Å². The fraction of sp³-hybridized carbons (Fsp3) is 0.833. The van der Waals surface area contributed by atoms with Crippen molar-refractivity contribution in [2.24, 2.45) is 4.99 Å². The molecule has 0 saturated carbocycles. The summed E-state index contributed by atoms with van der Waals surface area (Å²) in [6.45, 7) is 4.68. The molecule has 1 N–H and O–H groups in total. The number of nitrogens with zero attached hydrogens (tertiary/aromatic N) is 2. The van der Waals surface area contributed by atoms with Crippen LogP contribution in [0.5, 0.6) is 0 Å². The van der Waals surface area contributed by atoms with Crippen LogP contribution in [0, 0.1) is 0 Å². The van der Waals surface area contributed by atoms with Crippen LogP contribution in [0.1, 0.15) is 32.6 Å². The minimum absolute atomic E-state index is 0.265. The van der Waals surface area contributed by atoms with Crippen molar-refractivity contribution in [2.45, 2.75) is 38.6 Å². The van der Waals surface area contributed by atoms with Crippen molar-refractivity contribution in [3.63, 3.8) is 0 Å². The smallest absolute Gasteiger partial charge is 0.224 e. The second kappa shape index (κ2) is 6.28. The van der Waals surface area contributed by atoms with Crippen LogP contribution in [0.4, 0.5) is 0 Å². The lowest BCUT2D eigenvalue weighted by atomic mass is 10.3. The number of hydrogen-bond donors (Lipinski definition) is 1. The topological polar surface area (TPSA) is 44.7 Å². The zero-order valence-corrected chi connectivity index (χ0v) is 11.3. The van der Waals surface area contributed by atoms with E-state index in [1.807, 2.05) is 4.90 Å². The van der Waals surface area contributed by atoms with Gasteiger partial charge in [0.2, 0.25) is 5.91 Å². The van der Waals surface area contributed by atoms with Gasteiger partial charge in [-0.25, -0.2) is 0 Å². The molecular formula is C12H21N3OS. The van der Waals surface area contributed by atoms with Crippen LogP contribution in [-0.2, 0) is 4.79 Å². The van der Waals surface area contributed by atoms with Crippen molar-refractivity contribution in [2.75, 3.05) is 25.4 Å². The van der Waals surface area contributed by atoms with Crippen LogP contribution in [-0.4, -0.2) is 47.4 Å². The third-order valence-corrected chi connectivity index (χ3v) is 4.16. The highest BCUT2D eigenvalue weighted by Gasteiger charge is 2.17. The molecule has 5 heteroatoms. The van der Waals surface area contributed by atoms with Gasteiger partial charge in [0.05, 0.1) is 6.54 Å². The van der Waals surface area contributed by atoms with E-state index < -0.39 is 0 Å². The maximum absolute atomic E-state index is 11.8. The van der Waals surface area contributed by atoms with Gasteiger partial charge in [-0.1, -0.05) is 11.8 Å². The van der Waals surface area contributed by atoms with Gasteiger partial charge >= 0.3 is 0 Å². The molecule has 2 aliphatic heterocycles. The van der Waals surface area contributed by atoms with Crippen LogP contribution >= 0.6 is 11.8 Å². The molecule has 0 aromatic rings. The highest BCUT2D eigenvalue weighted by molar-refractivity contribution is 8.13. The fourth-order valence-corrected chi connectivity index (χ4v) is 3.26. The van der Waals surface area contributed by atoms with Crippen molar-refractivity contribution in [1.82, 2.24) is 10.2 Å². The number of hydrogen-bond acceptors (Lipinski definition) is 3. The van der Waals surface area contributed by atoms with E-state index in [1.165, 1.54) is 6.42 Å². The number of nitrogens with one attached hydrogen (secondary N) is 1. The Balaban J connectivity index is 1.70. The Hall–Kier alpha value is -0.710. The van der Waals surface area contributed by atoms with E-state index in [1.54, 1.807) is 11.8 Å². The number of amides is 1. The van der Waals surface area contributed by atoms with Crippen molar-refractivity contribution < 1.29 is 4.79 Å². The van der Waals surface area contributed by atoms with E-state index >= 15 is 0 Å². The zero-order chi connectivity index (χ0) is 12.1. The molecule has 2 rings (SSSR count). The van der Waals surface area contributed by atoms with Crippen molar-refractivity contribution in [1.29, 1.82) is 0 Å². The predicted octanol–water partition coefficient (Wildman–Crippen LogP) is 1.47. The summed E-state index contributed by atoms with van der Waals surface area (Å²) in [5, 5.41) is 4.36. The molecule has 2 aliphatic rings. The molecule has 0 aromatic heterocycles. The van der Waals surface area contributed by atoms with E-state index in [4.69, 9.17) is 0 Å². The quantitative estimate of drug-likeness (QED) is 0.830. The number of amidine groups is 1. The lowest BCUT2D eigenvalue weighted by molar-refractivity contribution is -0.129. The third-order valence-electron chi connectivity index (χ3n) is 3.20. The van der Waals surface area contributed by atoms with Crippen LogP contribution in [0.3, 0.4) is 0 Å². The van der Waals surface area contributed by atoms with Gasteiger partial charge in [0.25, 0.3) is 0 Å². The summed E-state index contributed by atoms with van der Waals surface area (Å²) in [7, 11) is 0. The zero-order valence-electron chi connectivity index (χ0n) is 10.4. The van der Waals surface area contributed by atoms with Gasteiger partial charge in [-0.15, -0.1) is 0 Å². The Morgan fingerprint density at radius 3 is 3.00 bits per heavy atom. The summed E-state index contributed by atoms with van der Waals surface area (Å²) in [4.78, 5) is 18.2. The maximum Gasteiger partial charge on any atom is 0.224 e. The number of rotatable bonds is 3. The van der Waals surface area contributed by atoms with Gasteiger partial charge in [0, 0.05) is 31.3 Å². The Bertz CT molecular complexity index is 300. The molecule has 0 radical (unpaired) electrons. The van der Waals surface area contributed by atoms with Crippen molar-refractivity contribution in [3.8, 4) is 0 Å². The summed E-state index contributed by atoms with van der Waals surface area (Å²) >= 11 is 1.76. The SMILES string of the molecule is CC1CCSC(=NCCC(=O)N2CCCC2)N1. The minimum Gasteiger partial charge on any atom is -0.362 e. The van der Waals surface area contributed by atoms with Crippen LogP contribution in [0.15, 0.2) is 4.99 Å². The van der Waals surface area contributed by atoms with Gasteiger partial charge in [0.1, 0.15) is 0 Å².